The van der Waals surface area contributed by atoms with Crippen LogP contribution in [0.15, 0.2) is 22.8 Å². The third kappa shape index (κ3) is 3.87. The highest BCUT2D eigenvalue weighted by molar-refractivity contribution is 7.15. The Morgan fingerprint density at radius 3 is 2.88 bits per heavy atom. The smallest absolute Gasteiger partial charge is 0.325 e. The van der Waals surface area contributed by atoms with E-state index in [4.69, 9.17) is 4.42 Å². The van der Waals surface area contributed by atoms with Gasteiger partial charge in [0.2, 0.25) is 5.91 Å². The van der Waals surface area contributed by atoms with Crippen LogP contribution in [0.4, 0.5) is 9.93 Å². The topological polar surface area (TPSA) is 105 Å². The lowest BCUT2D eigenvalue weighted by atomic mass is 10.1. The minimum atomic E-state index is -0.701. The Kier molecular flexibility index (Phi) is 4.84. The maximum atomic E-state index is 12.3. The second-order valence-electron chi connectivity index (χ2n) is 5.75. The monoisotopic (exact) mass is 362 g/mol. The predicted molar refractivity (Wildman–Crippen MR) is 91.0 cm³/mol. The van der Waals surface area contributed by atoms with Crippen LogP contribution >= 0.6 is 11.3 Å². The highest BCUT2D eigenvalue weighted by Crippen LogP contribution is 2.21. The zero-order chi connectivity index (χ0) is 18.0. The van der Waals surface area contributed by atoms with E-state index in [-0.39, 0.29) is 31.2 Å². The average molecular weight is 362 g/mol. The van der Waals surface area contributed by atoms with Gasteiger partial charge in [-0.1, -0.05) is 0 Å². The summed E-state index contributed by atoms with van der Waals surface area (Å²) in [6.45, 7) is 3.89. The molecule has 9 heteroatoms. The molecule has 0 saturated carbocycles. The van der Waals surface area contributed by atoms with Crippen molar-refractivity contribution < 1.29 is 18.8 Å². The molecule has 1 saturated heterocycles. The normalized spacial score (nSPS) is 17.0. The van der Waals surface area contributed by atoms with Gasteiger partial charge in [-0.15, -0.1) is 11.3 Å². The first-order valence-electron chi connectivity index (χ1n) is 7.82. The number of aryl methyl sites for hydroxylation is 2. The molecule has 132 valence electrons. The van der Waals surface area contributed by atoms with Crippen LogP contribution in [-0.4, -0.2) is 33.8 Å². The molecule has 1 aliphatic heterocycles. The fourth-order valence-corrected chi connectivity index (χ4v) is 3.29. The third-order valence-electron chi connectivity index (χ3n) is 3.94. The lowest BCUT2D eigenvalue weighted by molar-refractivity contribution is -0.128. The number of rotatable bonds is 6. The number of thiazole rings is 1. The number of carbonyl (C=O) groups excluding carboxylic acids is 3. The summed E-state index contributed by atoms with van der Waals surface area (Å²) in [6.07, 6.45) is 1.83. The number of carbonyl (C=O) groups is 3. The van der Waals surface area contributed by atoms with E-state index in [2.05, 4.69) is 15.6 Å². The lowest BCUT2D eigenvalue weighted by Crippen LogP contribution is -2.31. The predicted octanol–water partition coefficient (Wildman–Crippen LogP) is 2.19. The molecule has 0 bridgehead atoms. The molecule has 0 spiro atoms. The van der Waals surface area contributed by atoms with Gasteiger partial charge >= 0.3 is 6.03 Å². The number of furan rings is 1. The SMILES string of the molecule is Cc1nc(NC(=O)CCC2NC(=O)N(Cc3ccco3)C2=O)sc1C. The summed E-state index contributed by atoms with van der Waals surface area (Å²) in [5.41, 5.74) is 0.882. The van der Waals surface area contributed by atoms with Crippen LogP contribution in [0.3, 0.4) is 0 Å². The van der Waals surface area contributed by atoms with Crippen molar-refractivity contribution in [2.45, 2.75) is 39.3 Å². The fraction of sp³-hybridized carbons (Fsp3) is 0.375. The van der Waals surface area contributed by atoms with Crippen LogP contribution in [0.2, 0.25) is 0 Å². The highest BCUT2D eigenvalue weighted by atomic mass is 32.1. The summed E-state index contributed by atoms with van der Waals surface area (Å²) in [5.74, 6) is -0.0631. The van der Waals surface area contributed by atoms with Crippen LogP contribution in [0.1, 0.15) is 29.2 Å². The van der Waals surface area contributed by atoms with Crippen molar-refractivity contribution in [3.05, 3.63) is 34.7 Å². The first-order chi connectivity index (χ1) is 11.9. The van der Waals surface area contributed by atoms with Gasteiger partial charge < -0.3 is 15.1 Å². The number of imide groups is 1. The molecule has 2 N–H and O–H groups in total. The molecule has 1 aliphatic rings. The highest BCUT2D eigenvalue weighted by Gasteiger charge is 2.38. The van der Waals surface area contributed by atoms with Gasteiger partial charge in [0.25, 0.3) is 5.91 Å². The minimum Gasteiger partial charge on any atom is -0.467 e. The molecule has 2 aromatic rings. The quantitative estimate of drug-likeness (QED) is 0.767. The largest absolute Gasteiger partial charge is 0.467 e. The van der Waals surface area contributed by atoms with E-state index < -0.39 is 12.1 Å². The molecular formula is C16H18N4O4S. The molecule has 0 radical (unpaired) electrons. The first-order valence-corrected chi connectivity index (χ1v) is 8.64. The molecule has 0 aromatic carbocycles. The minimum absolute atomic E-state index is 0.0814. The molecule has 3 heterocycles. The standard InChI is InChI=1S/C16H18N4O4S/c1-9-10(2)25-15(17-9)19-13(21)6-5-12-14(22)20(16(23)18-12)8-11-4-3-7-24-11/h3-4,7,12H,5-6,8H2,1-2H3,(H,18,23)(H,17,19,21). The summed E-state index contributed by atoms with van der Waals surface area (Å²) < 4.78 is 5.16. The molecule has 1 atom stereocenters. The van der Waals surface area contributed by atoms with Crippen LogP contribution in [0, 0.1) is 13.8 Å². The fourth-order valence-electron chi connectivity index (χ4n) is 2.46. The molecular weight excluding hydrogens is 344 g/mol. The number of aromatic nitrogens is 1. The van der Waals surface area contributed by atoms with Crippen LogP contribution in [0.5, 0.6) is 0 Å². The van der Waals surface area contributed by atoms with Crippen molar-refractivity contribution >= 4 is 34.3 Å². The van der Waals surface area contributed by atoms with E-state index in [0.29, 0.717) is 10.9 Å². The zero-order valence-corrected chi connectivity index (χ0v) is 14.7. The van der Waals surface area contributed by atoms with Crippen molar-refractivity contribution in [2.75, 3.05) is 5.32 Å². The Morgan fingerprint density at radius 1 is 1.44 bits per heavy atom. The lowest BCUT2D eigenvalue weighted by Gasteiger charge is -2.11. The molecule has 2 aromatic heterocycles. The molecule has 3 rings (SSSR count). The van der Waals surface area contributed by atoms with E-state index in [0.717, 1.165) is 15.5 Å². The van der Waals surface area contributed by atoms with Crippen molar-refractivity contribution in [3.63, 3.8) is 0 Å². The maximum absolute atomic E-state index is 12.3. The number of nitrogens with one attached hydrogen (secondary N) is 2. The second kappa shape index (κ2) is 7.06. The van der Waals surface area contributed by atoms with Gasteiger partial charge in [0.15, 0.2) is 5.13 Å². The van der Waals surface area contributed by atoms with Crippen molar-refractivity contribution in [3.8, 4) is 0 Å². The number of urea groups is 1. The van der Waals surface area contributed by atoms with Crippen molar-refractivity contribution in [1.29, 1.82) is 0 Å². The maximum Gasteiger partial charge on any atom is 0.325 e. The molecule has 4 amide bonds. The van der Waals surface area contributed by atoms with Gasteiger partial charge in [0.1, 0.15) is 11.8 Å². The Hall–Kier alpha value is -2.68. The van der Waals surface area contributed by atoms with Crippen LogP contribution < -0.4 is 10.6 Å². The van der Waals surface area contributed by atoms with Crippen molar-refractivity contribution in [1.82, 2.24) is 15.2 Å². The Morgan fingerprint density at radius 2 is 2.24 bits per heavy atom. The van der Waals surface area contributed by atoms with Gasteiger partial charge in [-0.2, -0.15) is 0 Å². The number of hydrogen-bond donors (Lipinski definition) is 2. The number of amides is 4. The molecule has 0 aliphatic carbocycles. The van der Waals surface area contributed by atoms with E-state index in [1.165, 1.54) is 17.6 Å². The summed E-state index contributed by atoms with van der Waals surface area (Å²) in [4.78, 5) is 42.7. The van der Waals surface area contributed by atoms with Gasteiger partial charge in [0.05, 0.1) is 18.5 Å². The summed E-state index contributed by atoms with van der Waals surface area (Å²) >= 11 is 1.41. The van der Waals surface area contributed by atoms with Gasteiger partial charge in [0, 0.05) is 11.3 Å². The van der Waals surface area contributed by atoms with E-state index in [1.807, 2.05) is 13.8 Å². The van der Waals surface area contributed by atoms with Crippen LogP contribution in [-0.2, 0) is 16.1 Å². The van der Waals surface area contributed by atoms with Gasteiger partial charge in [-0.25, -0.2) is 9.78 Å². The number of anilines is 1. The Labute approximate surface area is 148 Å². The van der Waals surface area contributed by atoms with E-state index in [1.54, 1.807) is 12.1 Å². The summed E-state index contributed by atoms with van der Waals surface area (Å²) in [7, 11) is 0. The van der Waals surface area contributed by atoms with Gasteiger partial charge in [-0.3, -0.25) is 14.5 Å². The van der Waals surface area contributed by atoms with Gasteiger partial charge in [-0.05, 0) is 32.4 Å². The molecule has 1 unspecified atom stereocenters. The zero-order valence-electron chi connectivity index (χ0n) is 13.9. The third-order valence-corrected chi connectivity index (χ3v) is 4.92. The molecule has 8 nitrogen and oxygen atoms in total. The average Bonchev–Trinajstić information content (AvgIpc) is 3.24. The molecule has 1 fully saturated rings. The van der Waals surface area contributed by atoms with Crippen molar-refractivity contribution in [2.24, 2.45) is 0 Å². The van der Waals surface area contributed by atoms with E-state index in [9.17, 15) is 14.4 Å². The number of nitrogens with zero attached hydrogens (tertiary/aromatic N) is 2. The van der Waals surface area contributed by atoms with Crippen LogP contribution in [0.25, 0.3) is 0 Å². The molecule has 25 heavy (non-hydrogen) atoms. The first kappa shape index (κ1) is 17.2. The second-order valence-corrected chi connectivity index (χ2v) is 6.96. The Bertz CT molecular complexity index is 780. The Balaban J connectivity index is 1.52. The van der Waals surface area contributed by atoms with E-state index >= 15 is 0 Å². The summed E-state index contributed by atoms with van der Waals surface area (Å²) in [5, 5.41) is 5.86. The number of hydrogen-bond acceptors (Lipinski definition) is 6. The summed E-state index contributed by atoms with van der Waals surface area (Å²) in [6, 6.07) is 2.21.